The van der Waals surface area contributed by atoms with Crippen LogP contribution in [0.4, 0.5) is 11.5 Å². The first-order valence-electron chi connectivity index (χ1n) is 10.3. The number of nitrogens with one attached hydrogen (secondary N) is 1. The van der Waals surface area contributed by atoms with Gasteiger partial charge in [-0.25, -0.2) is 9.97 Å². The number of nitrogens with zero attached hydrogens (tertiary/aromatic N) is 3. The molecule has 0 unspecified atom stereocenters. The second-order valence-electron chi connectivity index (χ2n) is 7.87. The van der Waals surface area contributed by atoms with Gasteiger partial charge in [0.2, 0.25) is 11.6 Å². The first kappa shape index (κ1) is 19.4. The molecule has 2 aromatic heterocycles. The number of aromatic nitrogens is 2. The summed E-state index contributed by atoms with van der Waals surface area (Å²) in [5, 5.41) is 4.18. The number of furan rings is 1. The standard InChI is InChI=1S/C23H28N4O2/c1-5-17-8-6-7-14(2)20(17)26-22(28)18-9-11-27(12-10-18)21-19-15(3)16(4)29-23(19)25-13-24-21/h6-8,13,18H,5,9-12H2,1-4H3,(H,26,28). The van der Waals surface area contributed by atoms with E-state index in [-0.39, 0.29) is 11.8 Å². The Morgan fingerprint density at radius 2 is 1.97 bits per heavy atom. The van der Waals surface area contributed by atoms with Crippen LogP contribution in [0.5, 0.6) is 0 Å². The summed E-state index contributed by atoms with van der Waals surface area (Å²) in [6, 6.07) is 6.18. The Labute approximate surface area is 171 Å². The summed E-state index contributed by atoms with van der Waals surface area (Å²) in [4.78, 5) is 24.0. The summed E-state index contributed by atoms with van der Waals surface area (Å²) in [6.45, 7) is 9.75. The molecular weight excluding hydrogens is 364 g/mol. The average Bonchev–Trinajstić information content (AvgIpc) is 3.03. The second-order valence-corrected chi connectivity index (χ2v) is 7.87. The van der Waals surface area contributed by atoms with Gasteiger partial charge < -0.3 is 14.6 Å². The van der Waals surface area contributed by atoms with Gasteiger partial charge >= 0.3 is 0 Å². The highest BCUT2D eigenvalue weighted by Crippen LogP contribution is 2.33. The smallest absolute Gasteiger partial charge is 0.231 e. The molecule has 0 radical (unpaired) electrons. The molecule has 0 saturated carbocycles. The third kappa shape index (κ3) is 3.59. The number of hydrogen-bond donors (Lipinski definition) is 1. The summed E-state index contributed by atoms with van der Waals surface area (Å²) in [5.74, 6) is 1.92. The van der Waals surface area contributed by atoms with Crippen molar-refractivity contribution in [2.45, 2.75) is 47.0 Å². The molecule has 6 nitrogen and oxygen atoms in total. The van der Waals surface area contributed by atoms with E-state index in [9.17, 15) is 4.79 Å². The van der Waals surface area contributed by atoms with Crippen LogP contribution in [0.3, 0.4) is 0 Å². The van der Waals surface area contributed by atoms with Crippen molar-refractivity contribution in [3.63, 3.8) is 0 Å². The maximum atomic E-state index is 12.9. The number of aryl methyl sites for hydroxylation is 4. The molecule has 152 valence electrons. The van der Waals surface area contributed by atoms with Crippen LogP contribution in [0.15, 0.2) is 28.9 Å². The molecule has 1 aromatic carbocycles. The number of fused-ring (bicyclic) bond motifs is 1. The van der Waals surface area contributed by atoms with Crippen molar-refractivity contribution in [2.75, 3.05) is 23.3 Å². The third-order valence-corrected chi connectivity index (χ3v) is 6.10. The van der Waals surface area contributed by atoms with Gasteiger partial charge in [0.25, 0.3) is 0 Å². The Kier molecular flexibility index (Phi) is 5.26. The number of hydrogen-bond acceptors (Lipinski definition) is 5. The van der Waals surface area contributed by atoms with Crippen molar-refractivity contribution in [1.82, 2.24) is 9.97 Å². The van der Waals surface area contributed by atoms with E-state index in [4.69, 9.17) is 4.42 Å². The first-order chi connectivity index (χ1) is 14.0. The Bertz CT molecular complexity index is 1050. The number of rotatable bonds is 4. The van der Waals surface area contributed by atoms with Crippen LogP contribution >= 0.6 is 0 Å². The fourth-order valence-corrected chi connectivity index (χ4v) is 4.18. The van der Waals surface area contributed by atoms with E-state index in [0.29, 0.717) is 5.71 Å². The lowest BCUT2D eigenvalue weighted by atomic mass is 9.95. The minimum atomic E-state index is 0.0140. The molecule has 1 fully saturated rings. The minimum Gasteiger partial charge on any atom is -0.443 e. The summed E-state index contributed by atoms with van der Waals surface area (Å²) < 4.78 is 5.75. The van der Waals surface area contributed by atoms with Gasteiger partial charge in [0.05, 0.1) is 5.39 Å². The lowest BCUT2D eigenvalue weighted by Crippen LogP contribution is -2.38. The van der Waals surface area contributed by atoms with Gasteiger partial charge in [-0.3, -0.25) is 4.79 Å². The monoisotopic (exact) mass is 392 g/mol. The van der Waals surface area contributed by atoms with Gasteiger partial charge in [-0.15, -0.1) is 0 Å². The number of amides is 1. The van der Waals surface area contributed by atoms with Gasteiger partial charge in [-0.2, -0.15) is 0 Å². The van der Waals surface area contributed by atoms with Crippen LogP contribution < -0.4 is 10.2 Å². The number of benzene rings is 1. The highest BCUT2D eigenvalue weighted by molar-refractivity contribution is 5.94. The zero-order valence-corrected chi connectivity index (χ0v) is 17.6. The fraction of sp³-hybridized carbons (Fsp3) is 0.435. The van der Waals surface area contributed by atoms with E-state index in [0.717, 1.165) is 66.1 Å². The SMILES string of the molecule is CCc1cccc(C)c1NC(=O)C1CCN(c2ncnc3oc(C)c(C)c23)CC1. The predicted molar refractivity (Wildman–Crippen MR) is 115 cm³/mol. The maximum absolute atomic E-state index is 12.9. The van der Waals surface area contributed by atoms with E-state index in [1.807, 2.05) is 32.9 Å². The molecule has 0 spiro atoms. The molecular formula is C23H28N4O2. The molecule has 0 aliphatic carbocycles. The predicted octanol–water partition coefficient (Wildman–Crippen LogP) is 4.57. The van der Waals surface area contributed by atoms with Gasteiger partial charge in [-0.1, -0.05) is 25.1 Å². The van der Waals surface area contributed by atoms with Crippen molar-refractivity contribution in [2.24, 2.45) is 5.92 Å². The molecule has 0 bridgehead atoms. The Morgan fingerprint density at radius 3 is 2.69 bits per heavy atom. The zero-order valence-electron chi connectivity index (χ0n) is 17.6. The van der Waals surface area contributed by atoms with Gasteiger partial charge in [0, 0.05) is 30.3 Å². The van der Waals surface area contributed by atoms with E-state index >= 15 is 0 Å². The highest BCUT2D eigenvalue weighted by atomic mass is 16.3. The number of carbonyl (C=O) groups excluding carboxylic acids is 1. The number of piperidine rings is 1. The van der Waals surface area contributed by atoms with Gasteiger partial charge in [0.15, 0.2) is 0 Å². The zero-order chi connectivity index (χ0) is 20.5. The molecule has 0 atom stereocenters. The van der Waals surface area contributed by atoms with E-state index in [1.165, 1.54) is 5.56 Å². The normalized spacial score (nSPS) is 15.1. The molecule has 4 rings (SSSR count). The maximum Gasteiger partial charge on any atom is 0.231 e. The highest BCUT2D eigenvalue weighted by Gasteiger charge is 2.28. The fourth-order valence-electron chi connectivity index (χ4n) is 4.18. The van der Waals surface area contributed by atoms with Crippen molar-refractivity contribution in [3.05, 3.63) is 47.0 Å². The molecule has 1 aliphatic rings. The van der Waals surface area contributed by atoms with Gasteiger partial charge in [0.1, 0.15) is 17.9 Å². The summed E-state index contributed by atoms with van der Waals surface area (Å²) in [6.07, 6.45) is 4.08. The van der Waals surface area contributed by atoms with Crippen LogP contribution in [0.25, 0.3) is 11.1 Å². The van der Waals surface area contributed by atoms with E-state index < -0.39 is 0 Å². The first-order valence-corrected chi connectivity index (χ1v) is 10.3. The Hall–Kier alpha value is -2.89. The Balaban J connectivity index is 1.47. The van der Waals surface area contributed by atoms with Gasteiger partial charge in [-0.05, 0) is 51.2 Å². The largest absolute Gasteiger partial charge is 0.443 e. The van der Waals surface area contributed by atoms with Crippen molar-refractivity contribution in [1.29, 1.82) is 0 Å². The molecule has 3 heterocycles. The van der Waals surface area contributed by atoms with Crippen LogP contribution in [0.2, 0.25) is 0 Å². The average molecular weight is 393 g/mol. The van der Waals surface area contributed by atoms with E-state index in [2.05, 4.69) is 33.2 Å². The second kappa shape index (κ2) is 7.85. The molecule has 3 aromatic rings. The summed E-state index contributed by atoms with van der Waals surface area (Å²) in [7, 11) is 0. The van der Waals surface area contributed by atoms with Crippen LogP contribution in [-0.2, 0) is 11.2 Å². The molecule has 1 N–H and O–H groups in total. The lowest BCUT2D eigenvalue weighted by Gasteiger charge is -2.32. The molecule has 1 aliphatic heterocycles. The summed E-state index contributed by atoms with van der Waals surface area (Å²) >= 11 is 0. The topological polar surface area (TPSA) is 71.3 Å². The van der Waals surface area contributed by atoms with Crippen LogP contribution in [-0.4, -0.2) is 29.0 Å². The quantitative estimate of drug-likeness (QED) is 0.704. The van der Waals surface area contributed by atoms with Crippen LogP contribution in [0.1, 0.15) is 42.2 Å². The van der Waals surface area contributed by atoms with Crippen molar-refractivity contribution >= 4 is 28.5 Å². The summed E-state index contributed by atoms with van der Waals surface area (Å²) in [5.41, 5.74) is 5.00. The molecule has 1 amide bonds. The minimum absolute atomic E-state index is 0.0140. The van der Waals surface area contributed by atoms with Crippen LogP contribution in [0, 0.1) is 26.7 Å². The van der Waals surface area contributed by atoms with E-state index in [1.54, 1.807) is 6.33 Å². The third-order valence-electron chi connectivity index (χ3n) is 6.10. The number of para-hydroxylation sites is 1. The van der Waals surface area contributed by atoms with Crippen molar-refractivity contribution < 1.29 is 9.21 Å². The molecule has 1 saturated heterocycles. The molecule has 6 heteroatoms. The molecule has 29 heavy (non-hydrogen) atoms. The van der Waals surface area contributed by atoms with Crippen molar-refractivity contribution in [3.8, 4) is 0 Å². The lowest BCUT2D eigenvalue weighted by molar-refractivity contribution is -0.120. The number of carbonyl (C=O) groups is 1. The number of anilines is 2. The Morgan fingerprint density at radius 1 is 1.21 bits per heavy atom.